The molecule has 0 fully saturated rings. The Morgan fingerprint density at radius 3 is 0.606 bits per heavy atom. The summed E-state index contributed by atoms with van der Waals surface area (Å²) in [4.78, 5) is 0. The smallest absolute Gasteiger partial charge is 0.00570 e. The van der Waals surface area contributed by atoms with Gasteiger partial charge >= 0.3 is 0 Å². The molecule has 0 spiro atoms. The van der Waals surface area contributed by atoms with Crippen molar-refractivity contribution in [3.63, 3.8) is 0 Å². The first kappa shape index (κ1) is 30.5. The third-order valence-corrected chi connectivity index (χ3v) is 8.34. The lowest BCUT2D eigenvalue weighted by molar-refractivity contribution is 0.787. The van der Waals surface area contributed by atoms with Gasteiger partial charge in [-0.3, -0.25) is 0 Å². The standard InChI is InChI=1S/C27H30S6/c1-4-16-28-22-10-12-24-30-18-6-2-8-20-32-26-14-15-27-33-21-9-3-7-19-31-25-13-11-23-29-17-5-1/h1-9,16-21H2. The van der Waals surface area contributed by atoms with Crippen molar-refractivity contribution >= 4 is 70.6 Å². The fourth-order valence-corrected chi connectivity index (χ4v) is 5.69. The zero-order chi connectivity index (χ0) is 23.3. The molecule has 1 aliphatic heterocycles. The topological polar surface area (TPSA) is 0 Å². The minimum absolute atomic E-state index is 1.08. The summed E-state index contributed by atoms with van der Waals surface area (Å²) in [6, 6.07) is 0. The SMILES string of the molecule is C1#CSCCCCCSC#CC#CSCCCCCSC#CC#CSCCCCCSC#C1. The van der Waals surface area contributed by atoms with Crippen molar-refractivity contribution in [2.75, 3.05) is 34.5 Å². The molecule has 0 bridgehead atoms. The summed E-state index contributed by atoms with van der Waals surface area (Å²) in [5.74, 6) is 24.1. The van der Waals surface area contributed by atoms with E-state index in [4.69, 9.17) is 0 Å². The Bertz CT molecular complexity index is 680. The van der Waals surface area contributed by atoms with E-state index in [1.54, 1.807) is 70.6 Å². The first-order chi connectivity index (χ1) is 16.5. The molecule has 0 amide bonds. The van der Waals surface area contributed by atoms with E-state index in [2.05, 4.69) is 67.0 Å². The lowest BCUT2D eigenvalue weighted by atomic mass is 10.3. The van der Waals surface area contributed by atoms with Crippen LogP contribution in [0.25, 0.3) is 0 Å². The van der Waals surface area contributed by atoms with E-state index in [0.29, 0.717) is 0 Å². The lowest BCUT2D eigenvalue weighted by Crippen LogP contribution is -1.82. The van der Waals surface area contributed by atoms with Gasteiger partial charge in [0.1, 0.15) is 0 Å². The van der Waals surface area contributed by atoms with Crippen LogP contribution < -0.4 is 0 Å². The molecule has 0 N–H and O–H groups in total. The van der Waals surface area contributed by atoms with Crippen LogP contribution in [0.3, 0.4) is 0 Å². The summed E-state index contributed by atoms with van der Waals surface area (Å²) in [5.41, 5.74) is 0. The predicted molar refractivity (Wildman–Crippen MR) is 163 cm³/mol. The molecule has 0 atom stereocenters. The Kier molecular flexibility index (Phi) is 25.6. The number of rotatable bonds is 0. The Morgan fingerprint density at radius 1 is 0.242 bits per heavy atom. The van der Waals surface area contributed by atoms with E-state index in [9.17, 15) is 0 Å². The van der Waals surface area contributed by atoms with Crippen LogP contribution in [0.5, 0.6) is 0 Å². The third-order valence-electron chi connectivity index (χ3n) is 3.91. The van der Waals surface area contributed by atoms with Crippen molar-refractivity contribution < 1.29 is 0 Å². The molecule has 0 aromatic rings. The summed E-state index contributed by atoms with van der Waals surface area (Å²) in [6.07, 6.45) is 10.9. The third kappa shape index (κ3) is 25.9. The molecule has 0 aliphatic carbocycles. The van der Waals surface area contributed by atoms with Crippen molar-refractivity contribution in [3.05, 3.63) is 0 Å². The monoisotopic (exact) mass is 546 g/mol. The van der Waals surface area contributed by atoms with E-state index in [0.717, 1.165) is 34.5 Å². The number of thioether (sulfide) groups is 6. The second-order valence-electron chi connectivity index (χ2n) is 6.64. The zero-order valence-corrected chi connectivity index (χ0v) is 24.0. The van der Waals surface area contributed by atoms with Crippen LogP contribution in [0.15, 0.2) is 0 Å². The first-order valence-corrected chi connectivity index (χ1v) is 17.1. The second kappa shape index (κ2) is 27.7. The summed E-state index contributed by atoms with van der Waals surface area (Å²) in [7, 11) is 0. The van der Waals surface area contributed by atoms with Gasteiger partial charge in [0, 0.05) is 34.5 Å². The van der Waals surface area contributed by atoms with Gasteiger partial charge in [-0.1, -0.05) is 89.8 Å². The van der Waals surface area contributed by atoms with Gasteiger partial charge in [0.15, 0.2) is 0 Å². The van der Waals surface area contributed by atoms with Gasteiger partial charge in [0.25, 0.3) is 0 Å². The molecule has 0 aromatic carbocycles. The molecule has 0 saturated carbocycles. The molecule has 0 nitrogen and oxygen atoms in total. The molecule has 1 heterocycles. The highest BCUT2D eigenvalue weighted by molar-refractivity contribution is 8.05. The second-order valence-corrected chi connectivity index (χ2v) is 12.0. The van der Waals surface area contributed by atoms with Crippen molar-refractivity contribution in [1.82, 2.24) is 0 Å². The summed E-state index contributed by atoms with van der Waals surface area (Å²) >= 11 is 10.0. The average Bonchev–Trinajstić information content (AvgIpc) is 2.83. The first-order valence-electron chi connectivity index (χ1n) is 11.2. The largest absolute Gasteiger partial charge is 0.0741 e. The van der Waals surface area contributed by atoms with Crippen LogP contribution in [0.4, 0.5) is 0 Å². The molecule has 1 rings (SSSR count). The van der Waals surface area contributed by atoms with E-state index in [1.807, 2.05) is 0 Å². The van der Waals surface area contributed by atoms with Crippen LogP contribution in [0, 0.1) is 67.0 Å². The molecule has 0 unspecified atom stereocenters. The van der Waals surface area contributed by atoms with Crippen LogP contribution >= 0.6 is 70.6 Å². The van der Waals surface area contributed by atoms with E-state index >= 15 is 0 Å². The van der Waals surface area contributed by atoms with Crippen LogP contribution in [-0.2, 0) is 0 Å². The Labute approximate surface area is 228 Å². The highest BCUT2D eigenvalue weighted by Gasteiger charge is 1.91. The normalized spacial score (nSPS) is 18.2. The molecule has 6 heteroatoms. The van der Waals surface area contributed by atoms with E-state index < -0.39 is 0 Å². The van der Waals surface area contributed by atoms with Gasteiger partial charge in [0.05, 0.1) is 0 Å². The molecule has 0 radical (unpaired) electrons. The molecule has 1 aliphatic rings. The Hall–Kier alpha value is -0.540. The van der Waals surface area contributed by atoms with Crippen molar-refractivity contribution in [3.8, 4) is 67.0 Å². The van der Waals surface area contributed by atoms with Crippen LogP contribution in [0.1, 0.15) is 57.8 Å². The van der Waals surface area contributed by atoms with Gasteiger partial charge in [-0.2, -0.15) is 0 Å². The minimum atomic E-state index is 1.08. The van der Waals surface area contributed by atoms with Crippen LogP contribution in [-0.4, -0.2) is 34.5 Å². The van der Waals surface area contributed by atoms with Crippen molar-refractivity contribution in [2.45, 2.75) is 57.8 Å². The maximum atomic E-state index is 3.08. The van der Waals surface area contributed by atoms with Gasteiger partial charge in [-0.05, 0) is 106 Å². The van der Waals surface area contributed by atoms with Crippen LogP contribution in [0.2, 0.25) is 0 Å². The molecule has 0 aromatic heterocycles. The molecule has 174 valence electrons. The maximum absolute atomic E-state index is 3.08. The summed E-state index contributed by atoms with van der Waals surface area (Å²) < 4.78 is 0. The highest BCUT2D eigenvalue weighted by Crippen LogP contribution is 2.10. The fourth-order valence-electron chi connectivity index (χ4n) is 2.25. The Balaban J connectivity index is 2.28. The molecule has 0 saturated heterocycles. The minimum Gasteiger partial charge on any atom is -0.0741 e. The fraction of sp³-hybridized carbons (Fsp3) is 0.556. The molecular formula is C27H30S6. The van der Waals surface area contributed by atoms with Gasteiger partial charge in [-0.15, -0.1) is 0 Å². The van der Waals surface area contributed by atoms with Gasteiger partial charge in [0.2, 0.25) is 0 Å². The van der Waals surface area contributed by atoms with Gasteiger partial charge < -0.3 is 0 Å². The number of hydrogen-bond donors (Lipinski definition) is 0. The van der Waals surface area contributed by atoms with Crippen molar-refractivity contribution in [1.29, 1.82) is 0 Å². The molecule has 33 heavy (non-hydrogen) atoms. The maximum Gasteiger partial charge on any atom is 0.00570 e. The Morgan fingerprint density at radius 2 is 0.424 bits per heavy atom. The summed E-state index contributed by atoms with van der Waals surface area (Å²) in [5, 5.41) is 18.5. The average molecular weight is 547 g/mol. The van der Waals surface area contributed by atoms with Gasteiger partial charge in [-0.25, -0.2) is 0 Å². The number of hydrogen-bond acceptors (Lipinski definition) is 6. The van der Waals surface area contributed by atoms with Crippen molar-refractivity contribution in [2.24, 2.45) is 0 Å². The zero-order valence-electron chi connectivity index (χ0n) is 19.1. The predicted octanol–water partition coefficient (Wildman–Crippen LogP) is 7.68. The summed E-state index contributed by atoms with van der Waals surface area (Å²) in [6.45, 7) is 0. The quantitative estimate of drug-likeness (QED) is 0.284. The lowest BCUT2D eigenvalue weighted by Gasteiger charge is -1.95. The van der Waals surface area contributed by atoms with E-state index in [-0.39, 0.29) is 0 Å². The molecular weight excluding hydrogens is 517 g/mol. The van der Waals surface area contributed by atoms with E-state index in [1.165, 1.54) is 57.8 Å². The highest BCUT2D eigenvalue weighted by atomic mass is 32.2.